The van der Waals surface area contributed by atoms with Crippen molar-refractivity contribution in [3.05, 3.63) is 70.1 Å². The first kappa shape index (κ1) is 79.5. The molecule has 26 heteroatoms. The van der Waals surface area contributed by atoms with Crippen LogP contribution in [0, 0.1) is 41.3 Å². The number of aliphatic hydroxyl groups is 4. The average Bonchev–Trinajstić information content (AvgIpc) is 1.89. The Morgan fingerprint density at radius 3 is 2.22 bits per heavy atom. The van der Waals surface area contributed by atoms with Crippen molar-refractivity contribution in [1.29, 1.82) is 0 Å². The normalized spacial score (nSPS) is 35.5. The number of fused-ring (bicyclic) bond motifs is 3. The number of aliphatic hydroxyl groups excluding tert-OH is 3. The number of allylic oxidation sites excluding steroid dienone is 6. The molecule has 4 aliphatic heterocycles. The van der Waals surface area contributed by atoms with Crippen LogP contribution in [0.4, 0.5) is 15.0 Å². The minimum atomic E-state index is -2.79. The zero-order chi connectivity index (χ0) is 69.9. The number of carbonyl (C=O) groups is 6. The number of piperidine rings is 1. The molecule has 5 N–H and O–H groups in total. The van der Waals surface area contributed by atoms with Crippen molar-refractivity contribution in [2.24, 2.45) is 35.5 Å². The number of esters is 1. The molecule has 5 aliphatic rings. The van der Waals surface area contributed by atoms with Crippen molar-refractivity contribution in [1.82, 2.24) is 14.5 Å². The van der Waals surface area contributed by atoms with Gasteiger partial charge in [0.2, 0.25) is 5.79 Å². The number of nitrogens with zero attached hydrogens (tertiary/aromatic N) is 3. The van der Waals surface area contributed by atoms with Crippen LogP contribution in [0.25, 0.3) is 0 Å². The lowest BCUT2D eigenvalue weighted by molar-refractivity contribution is -0.265. The van der Waals surface area contributed by atoms with Crippen LogP contribution in [0.3, 0.4) is 0 Å². The van der Waals surface area contributed by atoms with Crippen LogP contribution in [0.1, 0.15) is 165 Å². The monoisotopic (exact) mass is 1350 g/mol. The minimum absolute atomic E-state index is 0.0117. The summed E-state index contributed by atoms with van der Waals surface area (Å²) in [5.41, 5.74) is 0.304. The molecule has 3 saturated heterocycles. The van der Waals surface area contributed by atoms with E-state index in [-0.39, 0.29) is 67.5 Å². The molecule has 0 aromatic carbocycles. The first-order chi connectivity index (χ1) is 44.3. The Hall–Kier alpha value is -5.18. The van der Waals surface area contributed by atoms with Crippen LogP contribution in [0.15, 0.2) is 58.6 Å². The van der Waals surface area contributed by atoms with Crippen molar-refractivity contribution < 1.29 is 95.8 Å². The average molecular weight is 1350 g/mol. The molecular formula is C68H106FN4O20P. The number of amides is 2. The number of Topliss-reactive ketones (excluding diaryl/α,β-unsaturated/α-hetero) is 3. The van der Waals surface area contributed by atoms with E-state index >= 15 is 0 Å². The molecule has 0 spiro atoms. The second kappa shape index (κ2) is 37.0. The quantitative estimate of drug-likeness (QED) is 0.0383. The van der Waals surface area contributed by atoms with Crippen LogP contribution >= 0.6 is 7.37 Å². The van der Waals surface area contributed by atoms with E-state index in [2.05, 4.69) is 10.3 Å². The lowest BCUT2D eigenvalue weighted by atomic mass is 9.78. The molecule has 530 valence electrons. The smallest absolute Gasteiger partial charge is 0.412 e. The Kier molecular flexibility index (Phi) is 31.3. The zero-order valence-electron chi connectivity index (χ0n) is 57.4. The van der Waals surface area contributed by atoms with E-state index in [4.69, 9.17) is 37.7 Å². The Morgan fingerprint density at radius 1 is 0.872 bits per heavy atom. The molecule has 0 unspecified atom stereocenters. The zero-order valence-corrected chi connectivity index (χ0v) is 58.3. The highest BCUT2D eigenvalue weighted by Crippen LogP contribution is 2.45. The molecule has 19 atom stereocenters. The van der Waals surface area contributed by atoms with Crippen molar-refractivity contribution >= 4 is 48.5 Å². The fraction of sp³-hybridized carbons (Fsp3) is 0.735. The van der Waals surface area contributed by atoms with Gasteiger partial charge in [-0.2, -0.15) is 4.98 Å². The fourth-order valence-electron chi connectivity index (χ4n) is 13.0. The van der Waals surface area contributed by atoms with Gasteiger partial charge in [0.25, 0.3) is 11.7 Å². The third-order valence-electron chi connectivity index (χ3n) is 18.7. The van der Waals surface area contributed by atoms with Crippen LogP contribution in [-0.2, 0) is 66.2 Å². The molecule has 2 amide bonds. The van der Waals surface area contributed by atoms with Crippen molar-refractivity contribution in [2.45, 2.75) is 238 Å². The molecule has 94 heavy (non-hydrogen) atoms. The summed E-state index contributed by atoms with van der Waals surface area (Å²) < 4.78 is 73.2. The SMILES string of the molecule is CCCCCOC(=O)Nc1nc(=O)n([C@@H]2O[C@H](C)[C@@H](O)[C@H]2O)cc1F.CO[C@H]1C[C@@H]2CC[C@@H](C)[C@@](O)(O2)C(=O)C(=O)N2CCCC[C@H]2C(=O)O[C@H]([C@H](C)C[C@@H]2CC[C@@H](OP(C)(C)=O)[C@H](OC)C2)CC(=O)[C@H](C)/C=C(\C)[C@@H](O)[C@@H](OC)C(=O)[C@H](C)C[C@H](C)/C=C/C=C/C=C/1C. The highest BCUT2D eigenvalue weighted by Gasteiger charge is 2.53. The second-order valence-corrected chi connectivity index (χ2v) is 29.4. The number of hydrogen-bond acceptors (Lipinski definition) is 21. The van der Waals surface area contributed by atoms with E-state index in [1.54, 1.807) is 54.4 Å². The number of hydrogen-bond donors (Lipinski definition) is 5. The molecule has 1 saturated carbocycles. The van der Waals surface area contributed by atoms with Gasteiger partial charge in [0.05, 0.1) is 43.3 Å². The maximum absolute atomic E-state index is 14.5. The standard InChI is InChI=1S/C53H84NO14P.C15H22FN3O6/c1-32-18-14-13-15-19-33(2)44(63-8)30-40-23-21-38(7)53(61,67-40)50(58)51(59)54-25-17-16-20-41(54)52(60)66-45(35(4)28-39-22-24-43(46(29-39)64-9)68-69(11,12)62)31-42(55)34(3)27-37(6)48(57)49(65-10)47(56)36(5)26-32;1-3-4-5-6-24-15(23)18-12-9(16)7-19(14(22)17-12)13-11(21)10(20)8(2)25-13/h13-15,18-19,27,32,34-36,38-41,43-46,48-49,57,61H,16-17,20-26,28-31H2,1-12H3;7-8,10-11,13,20-21H,3-6H2,1-2H3,(H,17,18,22,23)/b15-13+,18-14+,33-19+,37-27+;/t32-,34-,35-,36-,38-,39+,40+,41+,43-,44+,45+,46-,48-,49+,53-;8-,10-,11-,13-/m11/s1. The van der Waals surface area contributed by atoms with Crippen LogP contribution in [0.2, 0.25) is 0 Å². The predicted molar refractivity (Wildman–Crippen MR) is 348 cm³/mol. The minimum Gasteiger partial charge on any atom is -0.460 e. The van der Waals surface area contributed by atoms with E-state index in [0.29, 0.717) is 69.8 Å². The van der Waals surface area contributed by atoms with Gasteiger partial charge < -0.3 is 63.0 Å². The van der Waals surface area contributed by atoms with Crippen molar-refractivity contribution in [3.63, 3.8) is 0 Å². The Morgan fingerprint density at radius 2 is 1.59 bits per heavy atom. The molecular weight excluding hydrogens is 1240 g/mol. The Labute approximate surface area is 553 Å². The third kappa shape index (κ3) is 22.2. The fourth-order valence-corrected chi connectivity index (χ4v) is 13.9. The lowest BCUT2D eigenvalue weighted by Gasteiger charge is -2.42. The van der Waals surface area contributed by atoms with E-state index in [1.165, 1.54) is 18.9 Å². The highest BCUT2D eigenvalue weighted by atomic mass is 31.2. The number of cyclic esters (lactones) is 1. The van der Waals surface area contributed by atoms with Gasteiger partial charge in [-0.25, -0.2) is 18.8 Å². The largest absolute Gasteiger partial charge is 0.460 e. The number of methoxy groups -OCH3 is 3. The van der Waals surface area contributed by atoms with Gasteiger partial charge >= 0.3 is 17.8 Å². The van der Waals surface area contributed by atoms with Gasteiger partial charge in [-0.3, -0.25) is 33.6 Å². The van der Waals surface area contributed by atoms with Gasteiger partial charge in [-0.15, -0.1) is 0 Å². The summed E-state index contributed by atoms with van der Waals surface area (Å²) in [5, 5.41) is 45.1. The van der Waals surface area contributed by atoms with Crippen molar-refractivity contribution in [3.8, 4) is 0 Å². The first-order valence-electron chi connectivity index (χ1n) is 33.2. The summed E-state index contributed by atoms with van der Waals surface area (Å²) in [7, 11) is 1.76. The number of rotatable bonds is 14. The number of anilines is 1. The molecule has 1 aromatic heterocycles. The third-order valence-corrected chi connectivity index (χ3v) is 19.5. The van der Waals surface area contributed by atoms with E-state index < -0.39 is 133 Å². The predicted octanol–water partition coefficient (Wildman–Crippen LogP) is 8.50. The van der Waals surface area contributed by atoms with E-state index in [0.717, 1.165) is 35.6 Å². The van der Waals surface area contributed by atoms with Crippen LogP contribution < -0.4 is 11.0 Å². The topological polar surface area (TPSA) is 324 Å². The molecule has 4 fully saturated rings. The molecule has 1 aliphatic carbocycles. The second-order valence-electron chi connectivity index (χ2n) is 26.7. The summed E-state index contributed by atoms with van der Waals surface area (Å²) in [6, 6.07) is -1.16. The Balaban J connectivity index is 0.000000532. The number of carbonyl (C=O) groups excluding carboxylic acids is 6. The molecule has 2 bridgehead atoms. The summed E-state index contributed by atoms with van der Waals surface area (Å²) in [6.45, 7) is 19.6. The van der Waals surface area contributed by atoms with E-state index in [1.807, 2.05) is 65.0 Å². The lowest BCUT2D eigenvalue weighted by Crippen LogP contribution is -2.61. The van der Waals surface area contributed by atoms with Gasteiger partial charge in [-0.1, -0.05) is 90.8 Å². The summed E-state index contributed by atoms with van der Waals surface area (Å²) in [5.74, 6) is -9.70. The molecule has 6 rings (SSSR count). The van der Waals surface area contributed by atoms with Gasteiger partial charge in [-0.05, 0) is 120 Å². The number of nitrogens with one attached hydrogen (secondary N) is 1. The Bertz CT molecular complexity index is 2950. The maximum atomic E-state index is 14.5. The van der Waals surface area contributed by atoms with Gasteiger partial charge in [0, 0.05) is 71.8 Å². The highest BCUT2D eigenvalue weighted by molar-refractivity contribution is 7.57. The summed E-state index contributed by atoms with van der Waals surface area (Å²) in [4.78, 5) is 99.3. The van der Waals surface area contributed by atoms with E-state index in [9.17, 15) is 62.9 Å². The van der Waals surface area contributed by atoms with Crippen LogP contribution in [0.5, 0.6) is 0 Å². The summed E-state index contributed by atoms with van der Waals surface area (Å²) >= 11 is 0. The molecule has 5 heterocycles. The molecule has 24 nitrogen and oxygen atoms in total. The van der Waals surface area contributed by atoms with Crippen molar-refractivity contribution in [2.75, 3.05) is 53.1 Å². The molecule has 0 radical (unpaired) electrons. The summed E-state index contributed by atoms with van der Waals surface area (Å²) in [6.07, 6.45) is 9.11. The first-order valence-corrected chi connectivity index (χ1v) is 35.8. The number of halogens is 1. The maximum Gasteiger partial charge on any atom is 0.412 e. The molecule has 1 aromatic rings. The number of aromatic nitrogens is 2. The van der Waals surface area contributed by atoms with Gasteiger partial charge in [0.1, 0.15) is 42.3 Å². The number of unbranched alkanes of at least 4 members (excludes halogenated alkanes) is 2. The van der Waals surface area contributed by atoms with Crippen LogP contribution in [-0.4, -0.2) is 191 Å². The number of ether oxygens (including phenoxy) is 7. The van der Waals surface area contributed by atoms with Gasteiger partial charge in [0.15, 0.2) is 31.0 Å². The number of ketones is 3.